The molecule has 0 radical (unpaired) electrons. The van der Waals surface area contributed by atoms with Crippen LogP contribution in [0.15, 0.2) is 87.8 Å². The maximum Gasteiger partial charge on any atom is 0.434 e. The van der Waals surface area contributed by atoms with Crippen molar-refractivity contribution < 1.29 is 36.6 Å². The molecule has 228 valence electrons. The van der Waals surface area contributed by atoms with Crippen LogP contribution in [0.4, 0.5) is 17.6 Å². The van der Waals surface area contributed by atoms with E-state index in [1.165, 1.54) is 56.5 Å². The van der Waals surface area contributed by atoms with Crippen molar-refractivity contribution in [1.29, 1.82) is 0 Å². The molecule has 4 aromatic rings. The van der Waals surface area contributed by atoms with E-state index in [4.69, 9.17) is 25.8 Å². The van der Waals surface area contributed by atoms with Gasteiger partial charge in [0.15, 0.2) is 22.0 Å². The Bertz CT molecular complexity index is 1920. The van der Waals surface area contributed by atoms with Gasteiger partial charge >= 0.3 is 12.1 Å². The van der Waals surface area contributed by atoms with Crippen molar-refractivity contribution in [2.45, 2.75) is 25.7 Å². The van der Waals surface area contributed by atoms with Gasteiger partial charge in [0, 0.05) is 5.02 Å². The lowest BCUT2D eigenvalue weighted by Crippen LogP contribution is -2.41. The molecule has 3 aromatic carbocycles. The SMILES string of the molecule is CCOC(=O)C1=C(C(F)(F)F)N=c2s/c(=C\c3ccc(OCc4ccc(F)cc4)c(OC)c3)c(=O)n2[C@@H]1c1ccc(Cl)cc1. The number of methoxy groups -OCH3 is 1. The van der Waals surface area contributed by atoms with Crippen LogP contribution in [0.3, 0.4) is 0 Å². The van der Waals surface area contributed by atoms with E-state index < -0.39 is 35.0 Å². The fourth-order valence-corrected chi connectivity index (χ4v) is 5.71. The number of aromatic nitrogens is 1. The van der Waals surface area contributed by atoms with Crippen LogP contribution in [0.25, 0.3) is 6.08 Å². The molecule has 2 heterocycles. The average molecular weight is 647 g/mol. The fraction of sp³-hybridized carbons (Fsp3) is 0.194. The van der Waals surface area contributed by atoms with E-state index in [0.29, 0.717) is 22.1 Å². The smallest absolute Gasteiger partial charge is 0.434 e. The molecule has 0 N–H and O–H groups in total. The van der Waals surface area contributed by atoms with Gasteiger partial charge in [0.25, 0.3) is 5.56 Å². The molecule has 1 aliphatic heterocycles. The summed E-state index contributed by atoms with van der Waals surface area (Å²) in [5.74, 6) is -0.894. The van der Waals surface area contributed by atoms with E-state index in [2.05, 4.69) is 4.99 Å². The molecule has 7 nitrogen and oxygen atoms in total. The van der Waals surface area contributed by atoms with Crippen molar-refractivity contribution in [1.82, 2.24) is 4.57 Å². The molecule has 1 aromatic heterocycles. The highest BCUT2D eigenvalue weighted by molar-refractivity contribution is 7.07. The summed E-state index contributed by atoms with van der Waals surface area (Å²) in [4.78, 5) is 30.2. The number of nitrogens with zero attached hydrogens (tertiary/aromatic N) is 2. The van der Waals surface area contributed by atoms with Crippen molar-refractivity contribution in [3.05, 3.63) is 125 Å². The molecule has 0 aliphatic carbocycles. The Labute approximate surface area is 256 Å². The van der Waals surface area contributed by atoms with E-state index in [-0.39, 0.29) is 33.9 Å². The van der Waals surface area contributed by atoms with Crippen LogP contribution in [0.5, 0.6) is 11.5 Å². The predicted molar refractivity (Wildman–Crippen MR) is 156 cm³/mol. The summed E-state index contributed by atoms with van der Waals surface area (Å²) in [6.45, 7) is 1.42. The molecule has 0 bridgehead atoms. The third-order valence-corrected chi connectivity index (χ3v) is 7.81. The quantitative estimate of drug-likeness (QED) is 0.181. The lowest BCUT2D eigenvalue weighted by molar-refractivity contribution is -0.140. The van der Waals surface area contributed by atoms with Gasteiger partial charge in [-0.05, 0) is 66.1 Å². The first-order valence-electron chi connectivity index (χ1n) is 13.1. The van der Waals surface area contributed by atoms with Crippen LogP contribution in [-0.2, 0) is 16.1 Å². The van der Waals surface area contributed by atoms with Crippen LogP contribution in [0.2, 0.25) is 5.02 Å². The molecular formula is C31H23ClF4N2O5S. The molecule has 0 spiro atoms. The highest BCUT2D eigenvalue weighted by atomic mass is 35.5. The minimum atomic E-state index is -5.01. The van der Waals surface area contributed by atoms with Gasteiger partial charge in [0.2, 0.25) is 0 Å². The number of ether oxygens (including phenoxy) is 3. The standard InChI is InChI=1S/C31H23ClF4N2O5S/c1-3-42-29(40)25-26(19-7-9-20(32)10-8-19)38-28(39)24(44-30(38)37-27(25)31(34,35)36)15-18-6-13-22(23(14-18)41-2)43-16-17-4-11-21(33)12-5-17/h4-15,26H,3,16H2,1-2H3/b24-15-/t26-/m1/s1. The van der Waals surface area contributed by atoms with Crippen LogP contribution in [-0.4, -0.2) is 30.4 Å². The van der Waals surface area contributed by atoms with Crippen LogP contribution in [0.1, 0.15) is 29.7 Å². The second-order valence-electron chi connectivity index (χ2n) is 9.44. The lowest BCUT2D eigenvalue weighted by atomic mass is 9.95. The van der Waals surface area contributed by atoms with Crippen LogP contribution in [0, 0.1) is 5.82 Å². The topological polar surface area (TPSA) is 79.1 Å². The van der Waals surface area contributed by atoms with Gasteiger partial charge in [-0.15, -0.1) is 0 Å². The zero-order valence-corrected chi connectivity index (χ0v) is 24.7. The number of hydrogen-bond donors (Lipinski definition) is 0. The Morgan fingerprint density at radius 1 is 1.07 bits per heavy atom. The van der Waals surface area contributed by atoms with Gasteiger partial charge in [-0.2, -0.15) is 13.2 Å². The van der Waals surface area contributed by atoms with E-state index in [0.717, 1.165) is 21.5 Å². The molecule has 0 saturated carbocycles. The first kappa shape index (κ1) is 31.0. The number of esters is 1. The minimum absolute atomic E-state index is 0.0661. The van der Waals surface area contributed by atoms with Crippen molar-refractivity contribution in [2.75, 3.05) is 13.7 Å². The number of hydrogen-bond acceptors (Lipinski definition) is 7. The highest BCUT2D eigenvalue weighted by Gasteiger charge is 2.45. The third-order valence-electron chi connectivity index (χ3n) is 6.57. The maximum absolute atomic E-state index is 14.3. The van der Waals surface area contributed by atoms with Gasteiger partial charge in [-0.1, -0.05) is 53.3 Å². The number of carbonyl (C=O) groups excluding carboxylic acids is 1. The molecule has 0 fully saturated rings. The molecular weight excluding hydrogens is 624 g/mol. The Morgan fingerprint density at radius 3 is 2.41 bits per heavy atom. The minimum Gasteiger partial charge on any atom is -0.493 e. The molecule has 0 amide bonds. The second kappa shape index (κ2) is 12.7. The maximum atomic E-state index is 14.3. The van der Waals surface area contributed by atoms with Gasteiger partial charge in [-0.25, -0.2) is 14.2 Å². The fourth-order valence-electron chi connectivity index (χ4n) is 4.59. The summed E-state index contributed by atoms with van der Waals surface area (Å²) in [6.07, 6.45) is -3.53. The number of rotatable bonds is 8. The Balaban J connectivity index is 1.60. The summed E-state index contributed by atoms with van der Waals surface area (Å²) in [6, 6.07) is 15.0. The van der Waals surface area contributed by atoms with E-state index >= 15 is 0 Å². The van der Waals surface area contributed by atoms with Gasteiger partial charge < -0.3 is 14.2 Å². The highest BCUT2D eigenvalue weighted by Crippen LogP contribution is 2.38. The monoisotopic (exact) mass is 646 g/mol. The van der Waals surface area contributed by atoms with E-state index in [1.807, 2.05) is 0 Å². The Morgan fingerprint density at radius 2 is 1.77 bits per heavy atom. The summed E-state index contributed by atoms with van der Waals surface area (Å²) < 4.78 is 73.4. The first-order valence-corrected chi connectivity index (χ1v) is 14.3. The normalized spacial score (nSPS) is 15.1. The number of benzene rings is 3. The molecule has 5 rings (SSSR count). The Hall–Kier alpha value is -4.42. The zero-order chi connectivity index (χ0) is 31.6. The number of halogens is 5. The van der Waals surface area contributed by atoms with E-state index in [1.54, 1.807) is 30.3 Å². The number of carbonyl (C=O) groups is 1. The summed E-state index contributed by atoms with van der Waals surface area (Å²) in [5, 5.41) is 0.318. The molecule has 1 atom stereocenters. The number of allylic oxidation sites excluding steroid dienone is 1. The summed E-state index contributed by atoms with van der Waals surface area (Å²) >= 11 is 6.76. The zero-order valence-electron chi connectivity index (χ0n) is 23.2. The van der Waals surface area contributed by atoms with Gasteiger partial charge in [0.05, 0.1) is 29.9 Å². The average Bonchev–Trinajstić information content (AvgIpc) is 3.30. The van der Waals surface area contributed by atoms with Crippen LogP contribution < -0.4 is 24.4 Å². The summed E-state index contributed by atoms with van der Waals surface area (Å²) in [7, 11) is 1.43. The van der Waals surface area contributed by atoms with Crippen LogP contribution >= 0.6 is 22.9 Å². The third kappa shape index (κ3) is 6.41. The van der Waals surface area contributed by atoms with Gasteiger partial charge in [-0.3, -0.25) is 9.36 Å². The Kier molecular flexibility index (Phi) is 8.93. The largest absolute Gasteiger partial charge is 0.493 e. The molecule has 13 heteroatoms. The van der Waals surface area contributed by atoms with Crippen molar-refractivity contribution in [2.24, 2.45) is 4.99 Å². The first-order chi connectivity index (χ1) is 21.0. The molecule has 1 aliphatic rings. The lowest BCUT2D eigenvalue weighted by Gasteiger charge is -2.26. The van der Waals surface area contributed by atoms with E-state index in [9.17, 15) is 27.2 Å². The second-order valence-corrected chi connectivity index (χ2v) is 10.9. The van der Waals surface area contributed by atoms with Crippen molar-refractivity contribution >= 4 is 35.0 Å². The summed E-state index contributed by atoms with van der Waals surface area (Å²) in [5.41, 5.74) is -1.46. The molecule has 0 saturated heterocycles. The van der Waals surface area contributed by atoms with Crippen molar-refractivity contribution in [3.8, 4) is 11.5 Å². The molecule has 0 unspecified atom stereocenters. The predicted octanol–water partition coefficient (Wildman–Crippen LogP) is 5.72. The number of fused-ring (bicyclic) bond motifs is 1. The van der Waals surface area contributed by atoms with Crippen molar-refractivity contribution in [3.63, 3.8) is 0 Å². The molecule has 44 heavy (non-hydrogen) atoms. The number of thiazole rings is 1. The number of alkyl halides is 3. The van der Waals surface area contributed by atoms with Gasteiger partial charge in [0.1, 0.15) is 12.4 Å².